The van der Waals surface area contributed by atoms with Crippen LogP contribution in [0.2, 0.25) is 0 Å². The van der Waals surface area contributed by atoms with E-state index >= 15 is 0 Å². The Kier molecular flexibility index (Phi) is 4.91. The molecule has 2 unspecified atom stereocenters. The van der Waals surface area contributed by atoms with E-state index in [0.29, 0.717) is 12.5 Å². The Morgan fingerprint density at radius 2 is 2.26 bits per heavy atom. The first-order chi connectivity index (χ1) is 9.18. The van der Waals surface area contributed by atoms with Crippen molar-refractivity contribution in [1.82, 2.24) is 15.2 Å². The molecule has 1 aromatic heterocycles. The van der Waals surface area contributed by atoms with Gasteiger partial charge in [0.05, 0.1) is 6.04 Å². The predicted octanol–water partition coefficient (Wildman–Crippen LogP) is 2.13. The zero-order chi connectivity index (χ0) is 13.7. The van der Waals surface area contributed by atoms with Crippen LogP contribution in [0.15, 0.2) is 24.5 Å². The van der Waals surface area contributed by atoms with Gasteiger partial charge in [-0.1, -0.05) is 0 Å². The molecule has 19 heavy (non-hydrogen) atoms. The van der Waals surface area contributed by atoms with Crippen molar-refractivity contribution in [2.45, 2.75) is 44.7 Å². The minimum atomic E-state index is 0.104. The molecule has 1 aliphatic heterocycles. The average molecular weight is 261 g/mol. The van der Waals surface area contributed by atoms with Gasteiger partial charge in [0, 0.05) is 31.9 Å². The van der Waals surface area contributed by atoms with Crippen LogP contribution in [0, 0.1) is 0 Å². The molecule has 1 aliphatic rings. The van der Waals surface area contributed by atoms with Crippen LogP contribution in [0.4, 0.5) is 0 Å². The summed E-state index contributed by atoms with van der Waals surface area (Å²) in [6.07, 6.45) is 7.56. The zero-order valence-electron chi connectivity index (χ0n) is 11.8. The summed E-state index contributed by atoms with van der Waals surface area (Å²) in [5.41, 5.74) is 1.13. The first kappa shape index (κ1) is 14.0. The summed E-state index contributed by atoms with van der Waals surface area (Å²) in [6.45, 7) is 3.16. The average Bonchev–Trinajstić information content (AvgIpc) is 2.97. The summed E-state index contributed by atoms with van der Waals surface area (Å²) >= 11 is 0. The first-order valence-corrected chi connectivity index (χ1v) is 7.07. The lowest BCUT2D eigenvalue weighted by Gasteiger charge is -2.25. The van der Waals surface area contributed by atoms with Crippen LogP contribution in [-0.2, 0) is 4.79 Å². The van der Waals surface area contributed by atoms with Crippen LogP contribution in [0.3, 0.4) is 0 Å². The number of amides is 1. The second-order valence-corrected chi connectivity index (χ2v) is 5.29. The molecule has 2 rings (SSSR count). The van der Waals surface area contributed by atoms with E-state index in [1.54, 1.807) is 12.4 Å². The van der Waals surface area contributed by atoms with Crippen LogP contribution >= 0.6 is 0 Å². The van der Waals surface area contributed by atoms with E-state index in [4.69, 9.17) is 0 Å². The topological polar surface area (TPSA) is 45.2 Å². The predicted molar refractivity (Wildman–Crippen MR) is 75.7 cm³/mol. The number of hydrogen-bond acceptors (Lipinski definition) is 3. The third kappa shape index (κ3) is 3.77. The molecule has 0 radical (unpaired) electrons. The smallest absolute Gasteiger partial charge is 0.222 e. The van der Waals surface area contributed by atoms with Gasteiger partial charge in [0.15, 0.2) is 0 Å². The highest BCUT2D eigenvalue weighted by Crippen LogP contribution is 2.19. The summed E-state index contributed by atoms with van der Waals surface area (Å²) in [5, 5.41) is 3.43. The molecule has 2 heterocycles. The molecule has 4 heteroatoms. The maximum absolute atomic E-state index is 12.2. The highest BCUT2D eigenvalue weighted by molar-refractivity contribution is 5.76. The largest absolute Gasteiger partial charge is 0.339 e. The van der Waals surface area contributed by atoms with Gasteiger partial charge >= 0.3 is 0 Å². The second kappa shape index (κ2) is 6.66. The number of nitrogens with zero attached hydrogens (tertiary/aromatic N) is 2. The zero-order valence-corrected chi connectivity index (χ0v) is 11.8. The van der Waals surface area contributed by atoms with Crippen molar-refractivity contribution in [2.75, 3.05) is 13.6 Å². The third-order valence-corrected chi connectivity index (χ3v) is 4.03. The van der Waals surface area contributed by atoms with Crippen molar-refractivity contribution >= 4 is 5.91 Å². The number of hydrogen-bond donors (Lipinski definition) is 1. The lowest BCUT2D eigenvalue weighted by molar-refractivity contribution is -0.132. The van der Waals surface area contributed by atoms with Gasteiger partial charge in [0.1, 0.15) is 0 Å². The van der Waals surface area contributed by atoms with Crippen LogP contribution in [0.1, 0.15) is 44.2 Å². The quantitative estimate of drug-likeness (QED) is 0.883. The number of pyridine rings is 1. The summed E-state index contributed by atoms with van der Waals surface area (Å²) < 4.78 is 0. The van der Waals surface area contributed by atoms with E-state index in [2.05, 4.69) is 17.2 Å². The fourth-order valence-corrected chi connectivity index (χ4v) is 2.56. The van der Waals surface area contributed by atoms with E-state index in [-0.39, 0.29) is 11.9 Å². The van der Waals surface area contributed by atoms with E-state index in [0.717, 1.165) is 18.5 Å². The number of rotatable bonds is 5. The van der Waals surface area contributed by atoms with Crippen LogP contribution < -0.4 is 5.32 Å². The van der Waals surface area contributed by atoms with Crippen LogP contribution in [0.5, 0.6) is 0 Å². The van der Waals surface area contributed by atoms with Crippen molar-refractivity contribution in [2.24, 2.45) is 0 Å². The maximum Gasteiger partial charge on any atom is 0.222 e. The molecule has 2 atom stereocenters. The van der Waals surface area contributed by atoms with Crippen LogP contribution in [0.25, 0.3) is 0 Å². The maximum atomic E-state index is 12.2. The number of nitrogens with one attached hydrogen (secondary N) is 1. The van der Waals surface area contributed by atoms with Crippen molar-refractivity contribution in [3.8, 4) is 0 Å². The second-order valence-electron chi connectivity index (χ2n) is 5.29. The number of carbonyl (C=O) groups is 1. The van der Waals surface area contributed by atoms with Crippen molar-refractivity contribution < 1.29 is 4.79 Å². The van der Waals surface area contributed by atoms with Gasteiger partial charge in [0.2, 0.25) is 5.91 Å². The first-order valence-electron chi connectivity index (χ1n) is 7.07. The van der Waals surface area contributed by atoms with E-state index < -0.39 is 0 Å². The highest BCUT2D eigenvalue weighted by atomic mass is 16.2. The van der Waals surface area contributed by atoms with Gasteiger partial charge in [-0.15, -0.1) is 0 Å². The Hall–Kier alpha value is -1.42. The van der Waals surface area contributed by atoms with Gasteiger partial charge in [-0.05, 0) is 50.4 Å². The van der Waals surface area contributed by atoms with E-state index in [9.17, 15) is 4.79 Å². The molecule has 0 aliphatic carbocycles. The molecule has 104 valence electrons. The Morgan fingerprint density at radius 1 is 1.53 bits per heavy atom. The third-order valence-electron chi connectivity index (χ3n) is 4.03. The molecule has 1 N–H and O–H groups in total. The molecule has 0 bridgehead atoms. The summed E-state index contributed by atoms with van der Waals surface area (Å²) in [6, 6.07) is 4.57. The number of carbonyl (C=O) groups excluding carboxylic acids is 1. The highest BCUT2D eigenvalue weighted by Gasteiger charge is 2.20. The molecule has 0 spiro atoms. The van der Waals surface area contributed by atoms with Gasteiger partial charge in [-0.2, -0.15) is 0 Å². The molecular weight excluding hydrogens is 238 g/mol. The van der Waals surface area contributed by atoms with Gasteiger partial charge in [-0.25, -0.2) is 0 Å². The van der Waals surface area contributed by atoms with Gasteiger partial charge < -0.3 is 10.2 Å². The lowest BCUT2D eigenvalue weighted by Crippen LogP contribution is -2.31. The Labute approximate surface area is 115 Å². The molecule has 4 nitrogen and oxygen atoms in total. The molecule has 1 aromatic rings. The lowest BCUT2D eigenvalue weighted by atomic mass is 10.1. The SMILES string of the molecule is CC(c1ccncc1)N(C)C(=O)CCC1CCCN1. The molecule has 0 saturated carbocycles. The van der Waals surface area contributed by atoms with Gasteiger partial charge in [-0.3, -0.25) is 9.78 Å². The molecule has 0 aromatic carbocycles. The Morgan fingerprint density at radius 3 is 2.89 bits per heavy atom. The minimum Gasteiger partial charge on any atom is -0.339 e. The van der Waals surface area contributed by atoms with Crippen molar-refractivity contribution in [3.63, 3.8) is 0 Å². The standard InChI is InChI=1S/C15H23N3O/c1-12(13-7-10-16-11-8-13)18(2)15(19)6-5-14-4-3-9-17-14/h7-8,10-12,14,17H,3-6,9H2,1-2H3. The minimum absolute atomic E-state index is 0.104. The molecule has 1 fully saturated rings. The fourth-order valence-electron chi connectivity index (χ4n) is 2.56. The number of aromatic nitrogens is 1. The summed E-state index contributed by atoms with van der Waals surface area (Å²) in [4.78, 5) is 18.0. The van der Waals surface area contributed by atoms with E-state index in [1.807, 2.05) is 24.1 Å². The fraction of sp³-hybridized carbons (Fsp3) is 0.600. The summed E-state index contributed by atoms with van der Waals surface area (Å²) in [5.74, 6) is 0.220. The van der Waals surface area contributed by atoms with Crippen LogP contribution in [-0.4, -0.2) is 35.4 Å². The van der Waals surface area contributed by atoms with Crippen molar-refractivity contribution in [1.29, 1.82) is 0 Å². The normalized spacial score (nSPS) is 20.2. The molecular formula is C15H23N3O. The summed E-state index contributed by atoms with van der Waals surface area (Å²) in [7, 11) is 1.88. The monoisotopic (exact) mass is 261 g/mol. The van der Waals surface area contributed by atoms with E-state index in [1.165, 1.54) is 12.8 Å². The Balaban J connectivity index is 1.84. The molecule has 1 saturated heterocycles. The molecule has 1 amide bonds. The van der Waals surface area contributed by atoms with Crippen molar-refractivity contribution in [3.05, 3.63) is 30.1 Å². The Bertz CT molecular complexity index is 401. The van der Waals surface area contributed by atoms with Gasteiger partial charge in [0.25, 0.3) is 0 Å².